The van der Waals surface area contributed by atoms with Crippen LogP contribution in [0.2, 0.25) is 0 Å². The molecule has 4 N–H and O–H groups in total. The average molecular weight is 273 g/mol. The Bertz CT molecular complexity index is 286. The zero-order valence-electron chi connectivity index (χ0n) is 12.0. The highest BCUT2D eigenvalue weighted by Gasteiger charge is 2.37. The second kappa shape index (κ2) is 6.68. The third kappa shape index (κ3) is 4.16. The summed E-state index contributed by atoms with van der Waals surface area (Å²) in [5.74, 6) is -1.08. The van der Waals surface area contributed by atoms with E-state index in [-0.39, 0.29) is 18.1 Å². The number of aliphatic carboxylic acids is 1. The largest absolute Gasteiger partial charge is 0.481 e. The molecule has 0 aromatic rings. The van der Waals surface area contributed by atoms with Gasteiger partial charge in [0, 0.05) is 12.1 Å². The van der Waals surface area contributed by atoms with Gasteiger partial charge in [-0.2, -0.15) is 0 Å². The van der Waals surface area contributed by atoms with Crippen molar-refractivity contribution in [3.05, 3.63) is 0 Å². The minimum absolute atomic E-state index is 0.0494. The Morgan fingerprint density at radius 2 is 1.84 bits per heavy atom. The maximum atomic E-state index is 10.9. The van der Waals surface area contributed by atoms with E-state index in [1.807, 2.05) is 13.8 Å². The second-order valence-corrected chi connectivity index (χ2v) is 5.84. The Balaban J connectivity index is 2.51. The van der Waals surface area contributed by atoms with Gasteiger partial charge in [-0.3, -0.25) is 4.79 Å². The van der Waals surface area contributed by atoms with E-state index in [2.05, 4.69) is 5.32 Å². The van der Waals surface area contributed by atoms with Crippen molar-refractivity contribution in [3.63, 3.8) is 0 Å². The molecule has 0 heterocycles. The molecule has 1 fully saturated rings. The van der Waals surface area contributed by atoms with Crippen LogP contribution >= 0.6 is 0 Å². The van der Waals surface area contributed by atoms with E-state index in [0.29, 0.717) is 32.2 Å². The minimum atomic E-state index is -0.837. The van der Waals surface area contributed by atoms with E-state index in [0.717, 1.165) is 12.8 Å². The highest BCUT2D eigenvalue weighted by atomic mass is 16.4. The first kappa shape index (κ1) is 16.4. The van der Waals surface area contributed by atoms with Gasteiger partial charge in [-0.05, 0) is 38.5 Å². The summed E-state index contributed by atoms with van der Waals surface area (Å²) >= 11 is 0. The summed E-state index contributed by atoms with van der Waals surface area (Å²) in [5.41, 5.74) is -1.17. The summed E-state index contributed by atoms with van der Waals surface area (Å²) in [5, 5.41) is 32.2. The Kier molecular flexibility index (Phi) is 5.77. The van der Waals surface area contributed by atoms with Crippen LogP contribution in [0.1, 0.15) is 52.4 Å². The molecular formula is C14H27NO4. The van der Waals surface area contributed by atoms with Gasteiger partial charge in [-0.25, -0.2) is 0 Å². The van der Waals surface area contributed by atoms with Gasteiger partial charge < -0.3 is 20.6 Å². The lowest BCUT2D eigenvalue weighted by Gasteiger charge is -2.39. The standard InChI is InChI=1S/C14H27NO4/c1-3-13(4-2,10-16)15-9-14(19)7-5-11(6-8-14)12(17)18/h11,15-16,19H,3-10H2,1-2H3,(H,17,18). The van der Waals surface area contributed by atoms with Gasteiger partial charge in [0.05, 0.1) is 18.1 Å². The minimum Gasteiger partial charge on any atom is -0.481 e. The molecule has 0 amide bonds. The van der Waals surface area contributed by atoms with Crippen molar-refractivity contribution >= 4 is 5.97 Å². The van der Waals surface area contributed by atoms with E-state index in [9.17, 15) is 15.0 Å². The lowest BCUT2D eigenvalue weighted by atomic mass is 9.78. The Hall–Kier alpha value is -0.650. The van der Waals surface area contributed by atoms with Crippen LogP contribution in [0.25, 0.3) is 0 Å². The van der Waals surface area contributed by atoms with Crippen LogP contribution in [0.4, 0.5) is 0 Å². The van der Waals surface area contributed by atoms with Crippen LogP contribution < -0.4 is 5.32 Å². The number of carbonyl (C=O) groups is 1. The zero-order valence-corrected chi connectivity index (χ0v) is 12.0. The molecule has 5 heteroatoms. The fourth-order valence-corrected chi connectivity index (χ4v) is 2.71. The van der Waals surface area contributed by atoms with Crippen LogP contribution in [0, 0.1) is 5.92 Å². The molecule has 5 nitrogen and oxygen atoms in total. The molecule has 0 radical (unpaired) electrons. The third-order valence-electron chi connectivity index (χ3n) is 4.71. The number of nitrogens with one attached hydrogen (secondary N) is 1. The van der Waals surface area contributed by atoms with Gasteiger partial charge in [-0.1, -0.05) is 13.8 Å². The van der Waals surface area contributed by atoms with Gasteiger partial charge in [0.1, 0.15) is 0 Å². The lowest BCUT2D eigenvalue weighted by molar-refractivity contribution is -0.144. The molecule has 0 aromatic carbocycles. The number of β-amino-alcohol motifs (C(OH)–C–C–N with tert-alkyl or cyclic N) is 1. The van der Waals surface area contributed by atoms with Gasteiger partial charge in [-0.15, -0.1) is 0 Å². The van der Waals surface area contributed by atoms with Crippen LogP contribution in [0.3, 0.4) is 0 Å². The lowest BCUT2D eigenvalue weighted by Crippen LogP contribution is -2.54. The normalized spacial score (nSPS) is 28.3. The van der Waals surface area contributed by atoms with Crippen molar-refractivity contribution in [2.45, 2.75) is 63.5 Å². The molecule has 0 atom stereocenters. The number of aliphatic hydroxyl groups excluding tert-OH is 1. The molecule has 0 aliphatic heterocycles. The summed E-state index contributed by atoms with van der Waals surface area (Å²) in [7, 11) is 0. The smallest absolute Gasteiger partial charge is 0.306 e. The van der Waals surface area contributed by atoms with Crippen molar-refractivity contribution in [1.82, 2.24) is 5.32 Å². The van der Waals surface area contributed by atoms with Crippen LogP contribution in [-0.2, 0) is 4.79 Å². The van der Waals surface area contributed by atoms with Gasteiger partial charge >= 0.3 is 5.97 Å². The number of aliphatic hydroxyl groups is 2. The number of hydrogen-bond acceptors (Lipinski definition) is 4. The van der Waals surface area contributed by atoms with E-state index in [4.69, 9.17) is 5.11 Å². The predicted octanol–water partition coefficient (Wildman–Crippen LogP) is 1.13. The second-order valence-electron chi connectivity index (χ2n) is 5.84. The predicted molar refractivity (Wildman–Crippen MR) is 72.9 cm³/mol. The number of carboxylic acids is 1. The molecule has 0 unspecified atom stereocenters. The van der Waals surface area contributed by atoms with Gasteiger partial charge in [0.25, 0.3) is 0 Å². The molecule has 0 spiro atoms. The Morgan fingerprint density at radius 3 is 2.21 bits per heavy atom. The Labute approximate surface area is 115 Å². The SMILES string of the molecule is CCC(CC)(CO)NCC1(O)CCC(C(=O)O)CC1. The first-order valence-corrected chi connectivity index (χ1v) is 7.21. The summed E-state index contributed by atoms with van der Waals surface area (Å²) in [6.45, 7) is 4.49. The van der Waals surface area contributed by atoms with E-state index in [1.54, 1.807) is 0 Å². The fraction of sp³-hybridized carbons (Fsp3) is 0.929. The van der Waals surface area contributed by atoms with E-state index < -0.39 is 11.6 Å². The van der Waals surface area contributed by atoms with E-state index >= 15 is 0 Å². The Morgan fingerprint density at radius 1 is 1.32 bits per heavy atom. The molecule has 1 rings (SSSR count). The molecule has 1 aliphatic carbocycles. The summed E-state index contributed by atoms with van der Waals surface area (Å²) in [6.07, 6.45) is 3.66. The van der Waals surface area contributed by atoms with E-state index in [1.165, 1.54) is 0 Å². The van der Waals surface area contributed by atoms with Crippen LogP contribution in [0.5, 0.6) is 0 Å². The van der Waals surface area contributed by atoms with Gasteiger partial charge in [0.15, 0.2) is 0 Å². The molecule has 0 saturated heterocycles. The molecule has 112 valence electrons. The number of rotatable bonds is 7. The summed E-state index contributed by atoms with van der Waals surface area (Å²) < 4.78 is 0. The maximum Gasteiger partial charge on any atom is 0.306 e. The van der Waals surface area contributed by atoms with Crippen molar-refractivity contribution < 1.29 is 20.1 Å². The van der Waals surface area contributed by atoms with Crippen molar-refractivity contribution in [2.75, 3.05) is 13.2 Å². The molecule has 0 bridgehead atoms. The first-order chi connectivity index (χ1) is 8.90. The highest BCUT2D eigenvalue weighted by molar-refractivity contribution is 5.70. The first-order valence-electron chi connectivity index (χ1n) is 7.21. The highest BCUT2D eigenvalue weighted by Crippen LogP contribution is 2.32. The fourth-order valence-electron chi connectivity index (χ4n) is 2.71. The monoisotopic (exact) mass is 273 g/mol. The maximum absolute atomic E-state index is 10.9. The molecular weight excluding hydrogens is 246 g/mol. The quantitative estimate of drug-likeness (QED) is 0.558. The van der Waals surface area contributed by atoms with Gasteiger partial charge in [0.2, 0.25) is 0 Å². The summed E-state index contributed by atoms with van der Waals surface area (Å²) in [6, 6.07) is 0. The van der Waals surface area contributed by atoms with Crippen molar-refractivity contribution in [1.29, 1.82) is 0 Å². The topological polar surface area (TPSA) is 89.8 Å². The molecule has 1 saturated carbocycles. The molecule has 1 aliphatic rings. The summed E-state index contributed by atoms with van der Waals surface area (Å²) in [4.78, 5) is 10.9. The number of hydrogen-bond donors (Lipinski definition) is 4. The number of carboxylic acid groups (broad SMARTS) is 1. The van der Waals surface area contributed by atoms with Crippen molar-refractivity contribution in [3.8, 4) is 0 Å². The average Bonchev–Trinajstić information content (AvgIpc) is 2.41. The van der Waals surface area contributed by atoms with Crippen LogP contribution in [-0.4, -0.2) is 45.6 Å². The third-order valence-corrected chi connectivity index (χ3v) is 4.71. The molecule has 0 aromatic heterocycles. The van der Waals surface area contributed by atoms with Crippen molar-refractivity contribution in [2.24, 2.45) is 5.92 Å². The zero-order chi connectivity index (χ0) is 14.5. The van der Waals surface area contributed by atoms with Crippen LogP contribution in [0.15, 0.2) is 0 Å². The molecule has 19 heavy (non-hydrogen) atoms.